The molecule has 0 spiro atoms. The van der Waals surface area contributed by atoms with Gasteiger partial charge in [-0.3, -0.25) is 19.9 Å². The molecule has 0 aliphatic rings. The first-order valence-electron chi connectivity index (χ1n) is 5.59. The van der Waals surface area contributed by atoms with Crippen LogP contribution in [0.5, 0.6) is 0 Å². The fraction of sp³-hybridized carbons (Fsp3) is 0.182. The maximum absolute atomic E-state index is 12.2. The summed E-state index contributed by atoms with van der Waals surface area (Å²) in [5.41, 5.74) is 0.846. The number of aromatic nitrogens is 2. The van der Waals surface area contributed by atoms with Crippen molar-refractivity contribution in [3.05, 3.63) is 45.6 Å². The summed E-state index contributed by atoms with van der Waals surface area (Å²) in [6, 6.07) is 5.11. The molecule has 0 aliphatic heterocycles. The van der Waals surface area contributed by atoms with Crippen molar-refractivity contribution in [3.63, 3.8) is 0 Å². The lowest BCUT2D eigenvalue weighted by Gasteiger charge is -2.07. The van der Waals surface area contributed by atoms with Gasteiger partial charge in [0.1, 0.15) is 0 Å². The third-order valence-electron chi connectivity index (χ3n) is 2.60. The van der Waals surface area contributed by atoms with Crippen LogP contribution < -0.4 is 4.72 Å². The van der Waals surface area contributed by atoms with Crippen LogP contribution in [-0.2, 0) is 10.0 Å². The van der Waals surface area contributed by atoms with Gasteiger partial charge >= 0.3 is 0 Å². The van der Waals surface area contributed by atoms with Crippen molar-refractivity contribution in [1.29, 1.82) is 0 Å². The van der Waals surface area contributed by atoms with Gasteiger partial charge < -0.3 is 0 Å². The van der Waals surface area contributed by atoms with Crippen LogP contribution in [0, 0.1) is 24.0 Å². The van der Waals surface area contributed by atoms with E-state index in [-0.39, 0.29) is 16.4 Å². The molecule has 0 unspecified atom stereocenters. The molecular weight excluding hydrogens is 284 g/mol. The van der Waals surface area contributed by atoms with Crippen molar-refractivity contribution in [3.8, 4) is 0 Å². The second-order valence-corrected chi connectivity index (χ2v) is 5.90. The Kier molecular flexibility index (Phi) is 3.45. The van der Waals surface area contributed by atoms with E-state index in [1.165, 1.54) is 25.1 Å². The molecule has 2 N–H and O–H groups in total. The Bertz CT molecular complexity index is 766. The lowest BCUT2D eigenvalue weighted by Crippen LogP contribution is -2.14. The zero-order valence-corrected chi connectivity index (χ0v) is 11.6. The number of benzene rings is 1. The van der Waals surface area contributed by atoms with Crippen LogP contribution in [-0.4, -0.2) is 23.5 Å². The smallest absolute Gasteiger partial charge is 0.269 e. The van der Waals surface area contributed by atoms with E-state index in [2.05, 4.69) is 14.9 Å². The number of sulfonamides is 1. The molecule has 0 fully saturated rings. The molecule has 2 rings (SSSR count). The number of nitrogens with zero attached hydrogens (tertiary/aromatic N) is 2. The van der Waals surface area contributed by atoms with Crippen LogP contribution >= 0.6 is 0 Å². The van der Waals surface area contributed by atoms with Gasteiger partial charge in [0.05, 0.1) is 9.82 Å². The van der Waals surface area contributed by atoms with E-state index in [1.807, 2.05) is 0 Å². The first-order valence-corrected chi connectivity index (χ1v) is 7.08. The molecular formula is C11H12N4O4S. The Hall–Kier alpha value is -2.42. The summed E-state index contributed by atoms with van der Waals surface area (Å²) < 4.78 is 26.7. The molecule has 0 saturated carbocycles. The number of hydrogen-bond donors (Lipinski definition) is 2. The number of nitro benzene ring substituents is 1. The van der Waals surface area contributed by atoms with Crippen LogP contribution in [0.1, 0.15) is 11.3 Å². The highest BCUT2D eigenvalue weighted by Gasteiger charge is 2.20. The normalized spacial score (nSPS) is 11.3. The number of nitrogens with one attached hydrogen (secondary N) is 2. The highest BCUT2D eigenvalue weighted by atomic mass is 32.2. The van der Waals surface area contributed by atoms with E-state index in [0.29, 0.717) is 11.3 Å². The van der Waals surface area contributed by atoms with Gasteiger partial charge in [0.25, 0.3) is 15.7 Å². The first-order chi connectivity index (χ1) is 9.29. The minimum atomic E-state index is -3.83. The van der Waals surface area contributed by atoms with Gasteiger partial charge in [0.15, 0.2) is 5.82 Å². The predicted octanol–water partition coefficient (Wildman–Crippen LogP) is 1.74. The van der Waals surface area contributed by atoms with Gasteiger partial charge in [0.2, 0.25) is 0 Å². The average molecular weight is 296 g/mol. The number of anilines is 1. The first kappa shape index (κ1) is 14.0. The molecule has 0 atom stereocenters. The lowest BCUT2D eigenvalue weighted by atomic mass is 10.2. The molecule has 0 aliphatic carbocycles. The summed E-state index contributed by atoms with van der Waals surface area (Å²) in [4.78, 5) is 10.0. The minimum absolute atomic E-state index is 0.0243. The van der Waals surface area contributed by atoms with Crippen molar-refractivity contribution in [1.82, 2.24) is 10.2 Å². The van der Waals surface area contributed by atoms with Gasteiger partial charge in [0, 0.05) is 23.9 Å². The summed E-state index contributed by atoms with van der Waals surface area (Å²) in [5.74, 6) is 0.167. The molecule has 0 radical (unpaired) electrons. The molecule has 0 bridgehead atoms. The van der Waals surface area contributed by atoms with E-state index in [4.69, 9.17) is 0 Å². The van der Waals surface area contributed by atoms with Crippen molar-refractivity contribution >= 4 is 21.5 Å². The Morgan fingerprint density at radius 1 is 1.30 bits per heavy atom. The molecule has 1 heterocycles. The highest BCUT2D eigenvalue weighted by molar-refractivity contribution is 7.92. The van der Waals surface area contributed by atoms with Gasteiger partial charge in [-0.15, -0.1) is 0 Å². The maximum Gasteiger partial charge on any atom is 0.269 e. The zero-order valence-electron chi connectivity index (χ0n) is 10.7. The number of aromatic amines is 1. The predicted molar refractivity (Wildman–Crippen MR) is 72.0 cm³/mol. The van der Waals surface area contributed by atoms with Crippen LogP contribution in [0.15, 0.2) is 29.2 Å². The highest BCUT2D eigenvalue weighted by Crippen LogP contribution is 2.22. The Labute approximate surface area is 115 Å². The molecule has 8 nitrogen and oxygen atoms in total. The standard InChI is InChI=1S/C11H12N4O4S/c1-7-5-9(15(16)17)3-4-10(7)20(18,19)14-11-6-8(2)12-13-11/h3-6H,1-2H3,(H2,12,13,14). The van der Waals surface area contributed by atoms with Crippen LogP contribution in [0.25, 0.3) is 0 Å². The summed E-state index contributed by atoms with van der Waals surface area (Å²) in [6.07, 6.45) is 0. The molecule has 0 amide bonds. The maximum atomic E-state index is 12.2. The van der Waals surface area contributed by atoms with E-state index in [9.17, 15) is 18.5 Å². The molecule has 1 aromatic carbocycles. The summed E-state index contributed by atoms with van der Waals surface area (Å²) >= 11 is 0. The van der Waals surface area contributed by atoms with Crippen LogP contribution in [0.3, 0.4) is 0 Å². The fourth-order valence-corrected chi connectivity index (χ4v) is 2.93. The lowest BCUT2D eigenvalue weighted by molar-refractivity contribution is -0.385. The number of non-ortho nitro benzene ring substituents is 1. The fourth-order valence-electron chi connectivity index (χ4n) is 1.71. The van der Waals surface area contributed by atoms with E-state index >= 15 is 0 Å². The Morgan fingerprint density at radius 3 is 2.50 bits per heavy atom. The average Bonchev–Trinajstić information content (AvgIpc) is 2.73. The monoisotopic (exact) mass is 296 g/mol. The zero-order chi connectivity index (χ0) is 14.9. The van der Waals surface area contributed by atoms with Gasteiger partial charge in [-0.05, 0) is 25.5 Å². The van der Waals surface area contributed by atoms with Crippen molar-refractivity contribution in [2.75, 3.05) is 4.72 Å². The summed E-state index contributed by atoms with van der Waals surface area (Å²) in [5, 5.41) is 17.0. The van der Waals surface area contributed by atoms with Crippen molar-refractivity contribution < 1.29 is 13.3 Å². The van der Waals surface area contributed by atoms with Gasteiger partial charge in [-0.1, -0.05) is 0 Å². The second kappa shape index (κ2) is 4.93. The number of nitro groups is 1. The topological polar surface area (TPSA) is 118 Å². The summed E-state index contributed by atoms with van der Waals surface area (Å²) in [6.45, 7) is 3.24. The number of hydrogen-bond acceptors (Lipinski definition) is 5. The third-order valence-corrected chi connectivity index (χ3v) is 4.12. The van der Waals surface area contributed by atoms with Gasteiger partial charge in [-0.25, -0.2) is 8.42 Å². The van der Waals surface area contributed by atoms with Crippen molar-refractivity contribution in [2.24, 2.45) is 0 Å². The molecule has 20 heavy (non-hydrogen) atoms. The molecule has 1 aromatic heterocycles. The molecule has 0 saturated heterocycles. The number of aryl methyl sites for hydroxylation is 2. The quantitative estimate of drug-likeness (QED) is 0.658. The van der Waals surface area contributed by atoms with E-state index in [1.54, 1.807) is 6.92 Å². The SMILES string of the molecule is Cc1cc(NS(=O)(=O)c2ccc([N+](=O)[O-])cc2C)n[nH]1. The number of rotatable bonds is 4. The van der Waals surface area contributed by atoms with Gasteiger partial charge in [-0.2, -0.15) is 5.10 Å². The largest absolute Gasteiger partial charge is 0.281 e. The number of H-pyrrole nitrogens is 1. The van der Waals surface area contributed by atoms with Crippen molar-refractivity contribution in [2.45, 2.75) is 18.7 Å². The Balaban J connectivity index is 2.37. The van der Waals surface area contributed by atoms with Crippen LogP contribution in [0.4, 0.5) is 11.5 Å². The minimum Gasteiger partial charge on any atom is -0.281 e. The van der Waals surface area contributed by atoms with Crippen LogP contribution in [0.2, 0.25) is 0 Å². The molecule has 2 aromatic rings. The van der Waals surface area contributed by atoms with E-state index in [0.717, 1.165) is 6.07 Å². The molecule has 9 heteroatoms. The second-order valence-electron chi connectivity index (χ2n) is 4.25. The molecule has 106 valence electrons. The summed E-state index contributed by atoms with van der Waals surface area (Å²) in [7, 11) is -3.83. The third kappa shape index (κ3) is 2.77. The van der Waals surface area contributed by atoms with E-state index < -0.39 is 14.9 Å². The Morgan fingerprint density at radius 2 is 2.00 bits per heavy atom.